The number of halogens is 1. The lowest BCUT2D eigenvalue weighted by Gasteiger charge is -2.21. The summed E-state index contributed by atoms with van der Waals surface area (Å²) < 4.78 is 1.05. The van der Waals surface area contributed by atoms with Crippen LogP contribution in [0.15, 0.2) is 46.9 Å². The zero-order valence-electron chi connectivity index (χ0n) is 11.5. The fraction of sp³-hybridized carbons (Fsp3) is 0.250. The van der Waals surface area contributed by atoms with Gasteiger partial charge in [-0.2, -0.15) is 0 Å². The van der Waals surface area contributed by atoms with Crippen LogP contribution in [0.5, 0.6) is 11.5 Å². The highest BCUT2D eigenvalue weighted by molar-refractivity contribution is 9.10. The van der Waals surface area contributed by atoms with Crippen LogP contribution in [0.3, 0.4) is 0 Å². The van der Waals surface area contributed by atoms with Crippen LogP contribution in [-0.4, -0.2) is 10.2 Å². The van der Waals surface area contributed by atoms with Crippen molar-refractivity contribution in [3.63, 3.8) is 0 Å². The summed E-state index contributed by atoms with van der Waals surface area (Å²) in [5, 5.41) is 22.8. The van der Waals surface area contributed by atoms with Crippen molar-refractivity contribution < 1.29 is 10.2 Å². The number of hydrogen-bond acceptors (Lipinski definition) is 3. The monoisotopic (exact) mass is 335 g/mol. The van der Waals surface area contributed by atoms with E-state index in [-0.39, 0.29) is 23.6 Å². The first kappa shape index (κ1) is 14.9. The van der Waals surface area contributed by atoms with Crippen molar-refractivity contribution >= 4 is 15.9 Å². The van der Waals surface area contributed by atoms with Crippen LogP contribution in [0.1, 0.15) is 37.1 Å². The molecule has 0 amide bonds. The number of aromatic hydroxyl groups is 2. The highest BCUT2D eigenvalue weighted by atomic mass is 79.9. The standard InChI is InChI=1S/C16H18BrNO2/c1-10(12-3-5-13(17)6-4-12)18-11(2)15-9-14(19)7-8-16(15)20/h3-11,18-20H,1-2H3/t10-,11?/m1/s1. The summed E-state index contributed by atoms with van der Waals surface area (Å²) in [5.41, 5.74) is 1.86. The molecule has 0 aliphatic heterocycles. The SMILES string of the molecule is CC(N[C@H](C)c1ccc(Br)cc1)c1cc(O)ccc1O. The van der Waals surface area contributed by atoms with E-state index in [1.807, 2.05) is 19.1 Å². The summed E-state index contributed by atoms with van der Waals surface area (Å²) in [7, 11) is 0. The normalized spacial score (nSPS) is 13.9. The number of nitrogens with one attached hydrogen (secondary N) is 1. The third-order valence-electron chi connectivity index (χ3n) is 3.35. The van der Waals surface area contributed by atoms with E-state index < -0.39 is 0 Å². The van der Waals surface area contributed by atoms with Gasteiger partial charge < -0.3 is 15.5 Å². The lowest BCUT2D eigenvalue weighted by atomic mass is 10.0. The molecule has 2 aromatic carbocycles. The molecule has 2 atom stereocenters. The quantitative estimate of drug-likeness (QED) is 0.731. The van der Waals surface area contributed by atoms with E-state index in [9.17, 15) is 10.2 Å². The summed E-state index contributed by atoms with van der Waals surface area (Å²) >= 11 is 3.42. The summed E-state index contributed by atoms with van der Waals surface area (Å²) in [6.07, 6.45) is 0. The Labute approximate surface area is 127 Å². The minimum atomic E-state index is -0.0688. The maximum atomic E-state index is 9.87. The highest BCUT2D eigenvalue weighted by Gasteiger charge is 2.14. The number of phenols is 2. The van der Waals surface area contributed by atoms with Crippen LogP contribution in [0.25, 0.3) is 0 Å². The molecular weight excluding hydrogens is 318 g/mol. The predicted molar refractivity (Wildman–Crippen MR) is 83.9 cm³/mol. The van der Waals surface area contributed by atoms with Gasteiger partial charge in [0.1, 0.15) is 11.5 Å². The largest absolute Gasteiger partial charge is 0.508 e. The molecule has 0 spiro atoms. The molecule has 0 saturated heterocycles. The van der Waals surface area contributed by atoms with E-state index in [1.54, 1.807) is 6.07 Å². The molecule has 0 aliphatic rings. The summed E-state index contributed by atoms with van der Waals surface area (Å²) in [6.45, 7) is 4.03. The molecule has 3 nitrogen and oxygen atoms in total. The Balaban J connectivity index is 2.12. The molecule has 3 N–H and O–H groups in total. The van der Waals surface area contributed by atoms with Gasteiger partial charge in [0.2, 0.25) is 0 Å². The van der Waals surface area contributed by atoms with E-state index >= 15 is 0 Å². The zero-order chi connectivity index (χ0) is 14.7. The number of benzene rings is 2. The smallest absolute Gasteiger partial charge is 0.120 e. The van der Waals surface area contributed by atoms with Crippen LogP contribution in [0.2, 0.25) is 0 Å². The van der Waals surface area contributed by atoms with Crippen LogP contribution in [0, 0.1) is 0 Å². The van der Waals surface area contributed by atoms with Crippen molar-refractivity contribution in [3.05, 3.63) is 58.1 Å². The first-order valence-corrected chi connectivity index (χ1v) is 7.30. The average Bonchev–Trinajstić information content (AvgIpc) is 2.42. The Bertz CT molecular complexity index is 584. The van der Waals surface area contributed by atoms with Gasteiger partial charge in [0.25, 0.3) is 0 Å². The second-order valence-electron chi connectivity index (χ2n) is 4.90. The Morgan fingerprint density at radius 2 is 1.60 bits per heavy atom. The third-order valence-corrected chi connectivity index (χ3v) is 3.88. The van der Waals surface area contributed by atoms with E-state index in [4.69, 9.17) is 0 Å². The molecule has 1 unspecified atom stereocenters. The second kappa shape index (κ2) is 6.29. The Morgan fingerprint density at radius 3 is 2.25 bits per heavy atom. The molecule has 0 heterocycles. The van der Waals surface area contributed by atoms with Crippen molar-refractivity contribution in [2.45, 2.75) is 25.9 Å². The fourth-order valence-electron chi connectivity index (χ4n) is 2.20. The van der Waals surface area contributed by atoms with Crippen molar-refractivity contribution in [1.82, 2.24) is 5.32 Å². The van der Waals surface area contributed by atoms with Gasteiger partial charge in [-0.25, -0.2) is 0 Å². The molecule has 0 fully saturated rings. The predicted octanol–water partition coefficient (Wildman–Crippen LogP) is 4.27. The highest BCUT2D eigenvalue weighted by Crippen LogP contribution is 2.29. The lowest BCUT2D eigenvalue weighted by Crippen LogP contribution is -2.22. The van der Waals surface area contributed by atoms with Gasteiger partial charge in [-0.15, -0.1) is 0 Å². The fourth-order valence-corrected chi connectivity index (χ4v) is 2.47. The minimum absolute atomic E-state index is 0.0688. The Kier molecular flexibility index (Phi) is 4.68. The van der Waals surface area contributed by atoms with Gasteiger partial charge in [-0.05, 0) is 49.7 Å². The van der Waals surface area contributed by atoms with Crippen LogP contribution in [0.4, 0.5) is 0 Å². The van der Waals surface area contributed by atoms with Crippen molar-refractivity contribution in [2.24, 2.45) is 0 Å². The molecule has 0 radical (unpaired) electrons. The van der Waals surface area contributed by atoms with E-state index in [0.29, 0.717) is 5.56 Å². The number of hydrogen-bond donors (Lipinski definition) is 3. The van der Waals surface area contributed by atoms with Gasteiger partial charge in [-0.3, -0.25) is 0 Å². The first-order chi connectivity index (χ1) is 9.47. The van der Waals surface area contributed by atoms with Crippen LogP contribution >= 0.6 is 15.9 Å². The minimum Gasteiger partial charge on any atom is -0.508 e. The van der Waals surface area contributed by atoms with E-state index in [1.165, 1.54) is 17.7 Å². The maximum Gasteiger partial charge on any atom is 0.120 e. The lowest BCUT2D eigenvalue weighted by molar-refractivity contribution is 0.429. The molecule has 4 heteroatoms. The second-order valence-corrected chi connectivity index (χ2v) is 5.82. The van der Waals surface area contributed by atoms with Gasteiger partial charge in [0, 0.05) is 22.1 Å². The van der Waals surface area contributed by atoms with Crippen molar-refractivity contribution in [3.8, 4) is 11.5 Å². The van der Waals surface area contributed by atoms with Gasteiger partial charge in [0.15, 0.2) is 0 Å². The summed E-state index contributed by atoms with van der Waals surface area (Å²) in [4.78, 5) is 0. The third kappa shape index (κ3) is 3.52. The zero-order valence-corrected chi connectivity index (χ0v) is 13.1. The molecular formula is C16H18BrNO2. The molecule has 0 bridgehead atoms. The summed E-state index contributed by atoms with van der Waals surface area (Å²) in [6, 6.07) is 12.8. The van der Waals surface area contributed by atoms with Crippen molar-refractivity contribution in [1.29, 1.82) is 0 Å². The molecule has 106 valence electrons. The van der Waals surface area contributed by atoms with Gasteiger partial charge >= 0.3 is 0 Å². The summed E-state index contributed by atoms with van der Waals surface area (Å²) in [5.74, 6) is 0.341. The molecule has 0 aliphatic carbocycles. The van der Waals surface area contributed by atoms with Crippen molar-refractivity contribution in [2.75, 3.05) is 0 Å². The molecule has 2 rings (SSSR count). The topological polar surface area (TPSA) is 52.5 Å². The number of phenolic OH excluding ortho intramolecular Hbond substituents is 2. The van der Waals surface area contributed by atoms with Crippen LogP contribution < -0.4 is 5.32 Å². The van der Waals surface area contributed by atoms with Gasteiger partial charge in [-0.1, -0.05) is 28.1 Å². The number of rotatable bonds is 4. The maximum absolute atomic E-state index is 9.87. The molecule has 20 heavy (non-hydrogen) atoms. The Morgan fingerprint density at radius 1 is 0.950 bits per heavy atom. The molecule has 2 aromatic rings. The van der Waals surface area contributed by atoms with E-state index in [0.717, 1.165) is 4.47 Å². The molecule has 0 saturated carbocycles. The molecule has 0 aromatic heterocycles. The average molecular weight is 336 g/mol. The van der Waals surface area contributed by atoms with Crippen LogP contribution in [-0.2, 0) is 0 Å². The van der Waals surface area contributed by atoms with Gasteiger partial charge in [0.05, 0.1) is 0 Å². The Hall–Kier alpha value is -1.52. The van der Waals surface area contributed by atoms with E-state index in [2.05, 4.69) is 40.3 Å². The first-order valence-electron chi connectivity index (χ1n) is 6.50.